The van der Waals surface area contributed by atoms with Gasteiger partial charge in [-0.3, -0.25) is 9.52 Å². The van der Waals surface area contributed by atoms with Crippen LogP contribution in [0.5, 0.6) is 11.5 Å². The molecule has 3 rings (SSSR count). The number of methoxy groups -OCH3 is 2. The minimum absolute atomic E-state index is 0.0666. The quantitative estimate of drug-likeness (QED) is 0.442. The third kappa shape index (κ3) is 5.65. The molecule has 0 aliphatic heterocycles. The third-order valence-corrected chi connectivity index (χ3v) is 6.11. The van der Waals surface area contributed by atoms with Crippen molar-refractivity contribution in [1.82, 2.24) is 0 Å². The first-order chi connectivity index (χ1) is 16.3. The maximum atomic E-state index is 12.9. The summed E-state index contributed by atoms with van der Waals surface area (Å²) in [7, 11) is -1.26. The molecule has 2 N–H and O–H groups in total. The predicted molar refractivity (Wildman–Crippen MR) is 127 cm³/mol. The van der Waals surface area contributed by atoms with Crippen LogP contribution in [-0.2, 0) is 14.8 Å². The normalized spacial score (nSPS) is 10.8. The van der Waals surface area contributed by atoms with Gasteiger partial charge in [0.05, 0.1) is 42.7 Å². The summed E-state index contributed by atoms with van der Waals surface area (Å²) in [6, 6.07) is 16.8. The number of carbonyl (C=O) groups excluding carboxylic acids is 2. The zero-order chi connectivity index (χ0) is 24.7. The van der Waals surface area contributed by atoms with Crippen LogP contribution >= 0.6 is 0 Å². The van der Waals surface area contributed by atoms with E-state index in [2.05, 4.69) is 10.0 Å². The van der Waals surface area contributed by atoms with Gasteiger partial charge >= 0.3 is 5.97 Å². The molecule has 0 radical (unpaired) electrons. The number of sulfonamides is 1. The number of hydrogen-bond donors (Lipinski definition) is 2. The lowest BCUT2D eigenvalue weighted by molar-refractivity contribution is 0.0526. The van der Waals surface area contributed by atoms with Gasteiger partial charge in [0.15, 0.2) is 0 Å². The monoisotopic (exact) mass is 484 g/mol. The Morgan fingerprint density at radius 3 is 2.00 bits per heavy atom. The smallest absolute Gasteiger partial charge is 0.338 e. The van der Waals surface area contributed by atoms with Crippen molar-refractivity contribution in [3.05, 3.63) is 77.9 Å². The molecule has 3 aromatic rings. The fraction of sp³-hybridized carbons (Fsp3) is 0.167. The summed E-state index contributed by atoms with van der Waals surface area (Å²) in [4.78, 5) is 24.3. The van der Waals surface area contributed by atoms with Gasteiger partial charge in [0, 0.05) is 17.7 Å². The summed E-state index contributed by atoms with van der Waals surface area (Å²) >= 11 is 0. The molecule has 0 unspecified atom stereocenters. The lowest BCUT2D eigenvalue weighted by atomic mass is 10.2. The molecular weight excluding hydrogens is 460 g/mol. The van der Waals surface area contributed by atoms with Gasteiger partial charge in [-0.2, -0.15) is 0 Å². The number of rotatable bonds is 9. The van der Waals surface area contributed by atoms with Crippen LogP contribution in [0.3, 0.4) is 0 Å². The van der Waals surface area contributed by atoms with Gasteiger partial charge in [-0.15, -0.1) is 0 Å². The van der Waals surface area contributed by atoms with Crippen molar-refractivity contribution in [2.24, 2.45) is 0 Å². The Morgan fingerprint density at radius 1 is 0.824 bits per heavy atom. The fourth-order valence-electron chi connectivity index (χ4n) is 3.05. The second kappa shape index (κ2) is 10.7. The van der Waals surface area contributed by atoms with Crippen molar-refractivity contribution in [1.29, 1.82) is 0 Å². The molecule has 0 spiro atoms. The maximum Gasteiger partial charge on any atom is 0.338 e. The van der Waals surface area contributed by atoms with Gasteiger partial charge in [-0.25, -0.2) is 13.2 Å². The van der Waals surface area contributed by atoms with E-state index in [9.17, 15) is 18.0 Å². The highest BCUT2D eigenvalue weighted by Crippen LogP contribution is 2.37. The van der Waals surface area contributed by atoms with Crippen molar-refractivity contribution in [2.75, 3.05) is 30.9 Å². The van der Waals surface area contributed by atoms with Gasteiger partial charge in [-0.1, -0.05) is 18.2 Å². The zero-order valence-electron chi connectivity index (χ0n) is 18.8. The average molecular weight is 485 g/mol. The van der Waals surface area contributed by atoms with Crippen LogP contribution in [0.1, 0.15) is 27.6 Å². The van der Waals surface area contributed by atoms with Crippen LogP contribution in [0.15, 0.2) is 71.6 Å². The standard InChI is InChI=1S/C24H24N2O7S/c1-4-33-24(28)17-10-12-18(13-11-17)34(29,30)26-20-15-21(31-2)19(14-22(20)32-3)25-23(27)16-8-6-5-7-9-16/h5-15,26H,4H2,1-3H3,(H,25,27). The molecule has 1 amide bonds. The minimum Gasteiger partial charge on any atom is -0.494 e. The summed E-state index contributed by atoms with van der Waals surface area (Å²) < 4.78 is 43.9. The van der Waals surface area contributed by atoms with E-state index in [1.165, 1.54) is 50.6 Å². The summed E-state index contributed by atoms with van der Waals surface area (Å²) in [6.45, 7) is 1.89. The molecule has 0 aliphatic carbocycles. The van der Waals surface area contributed by atoms with E-state index in [-0.39, 0.29) is 40.2 Å². The SMILES string of the molecule is CCOC(=O)c1ccc(S(=O)(=O)Nc2cc(OC)c(NC(=O)c3ccccc3)cc2OC)cc1. The fourth-order valence-corrected chi connectivity index (χ4v) is 4.11. The molecule has 0 bridgehead atoms. The summed E-state index contributed by atoms with van der Waals surface area (Å²) in [5.74, 6) is -0.522. The second-order valence-electron chi connectivity index (χ2n) is 6.92. The Balaban J connectivity index is 1.87. The van der Waals surface area contributed by atoms with Crippen LogP contribution in [0, 0.1) is 0 Å². The van der Waals surface area contributed by atoms with Gasteiger partial charge in [0.2, 0.25) is 0 Å². The predicted octanol–water partition coefficient (Wildman–Crippen LogP) is 3.93. The number of amides is 1. The van der Waals surface area contributed by atoms with Crippen molar-refractivity contribution in [3.63, 3.8) is 0 Å². The van der Waals surface area contributed by atoms with Crippen LogP contribution in [0.25, 0.3) is 0 Å². The van der Waals surface area contributed by atoms with E-state index in [0.717, 1.165) is 0 Å². The zero-order valence-corrected chi connectivity index (χ0v) is 19.6. The number of carbonyl (C=O) groups is 2. The highest BCUT2D eigenvalue weighted by molar-refractivity contribution is 7.92. The summed E-state index contributed by atoms with van der Waals surface area (Å²) in [5.41, 5.74) is 1.08. The van der Waals surface area contributed by atoms with Crippen LogP contribution in [-0.4, -0.2) is 41.1 Å². The Morgan fingerprint density at radius 2 is 1.41 bits per heavy atom. The average Bonchev–Trinajstić information content (AvgIpc) is 2.85. The lowest BCUT2D eigenvalue weighted by Crippen LogP contribution is -2.15. The number of hydrogen-bond acceptors (Lipinski definition) is 7. The first-order valence-electron chi connectivity index (χ1n) is 10.2. The molecule has 3 aromatic carbocycles. The Bertz CT molecular complexity index is 1270. The number of ether oxygens (including phenoxy) is 3. The topological polar surface area (TPSA) is 120 Å². The Labute approximate surface area is 197 Å². The summed E-state index contributed by atoms with van der Waals surface area (Å²) in [6.07, 6.45) is 0. The van der Waals surface area contributed by atoms with Crippen LogP contribution in [0.4, 0.5) is 11.4 Å². The van der Waals surface area contributed by atoms with Gasteiger partial charge in [-0.05, 0) is 43.3 Å². The molecule has 9 nitrogen and oxygen atoms in total. The Hall–Kier alpha value is -4.05. The molecule has 178 valence electrons. The third-order valence-electron chi connectivity index (χ3n) is 4.73. The van der Waals surface area contributed by atoms with Gasteiger partial charge in [0.1, 0.15) is 11.5 Å². The maximum absolute atomic E-state index is 12.9. The van der Waals surface area contributed by atoms with Crippen molar-refractivity contribution < 1.29 is 32.2 Å². The molecule has 10 heteroatoms. The molecule has 34 heavy (non-hydrogen) atoms. The molecule has 0 saturated carbocycles. The number of benzene rings is 3. The molecule has 0 aromatic heterocycles. The van der Waals surface area contributed by atoms with E-state index in [4.69, 9.17) is 14.2 Å². The first-order valence-corrected chi connectivity index (χ1v) is 11.7. The largest absolute Gasteiger partial charge is 0.494 e. The molecule has 0 fully saturated rings. The second-order valence-corrected chi connectivity index (χ2v) is 8.61. The number of anilines is 2. The van der Waals surface area contributed by atoms with E-state index in [0.29, 0.717) is 11.3 Å². The minimum atomic E-state index is -4.03. The molecule has 0 atom stereocenters. The van der Waals surface area contributed by atoms with Crippen LogP contribution in [0.2, 0.25) is 0 Å². The van der Waals surface area contributed by atoms with E-state index >= 15 is 0 Å². The van der Waals surface area contributed by atoms with Crippen molar-refractivity contribution in [3.8, 4) is 11.5 Å². The lowest BCUT2D eigenvalue weighted by Gasteiger charge is -2.17. The van der Waals surface area contributed by atoms with Crippen LogP contribution < -0.4 is 19.5 Å². The van der Waals surface area contributed by atoms with Gasteiger partial charge in [0.25, 0.3) is 15.9 Å². The number of esters is 1. The summed E-state index contributed by atoms with van der Waals surface area (Å²) in [5, 5.41) is 2.74. The van der Waals surface area contributed by atoms with Crippen molar-refractivity contribution in [2.45, 2.75) is 11.8 Å². The Kier molecular flexibility index (Phi) is 7.75. The molecule has 0 heterocycles. The van der Waals surface area contributed by atoms with E-state index < -0.39 is 16.0 Å². The molecule has 0 aliphatic rings. The highest BCUT2D eigenvalue weighted by Gasteiger charge is 2.21. The van der Waals surface area contributed by atoms with Gasteiger partial charge < -0.3 is 19.5 Å². The highest BCUT2D eigenvalue weighted by atomic mass is 32.2. The number of nitrogens with one attached hydrogen (secondary N) is 2. The van der Waals surface area contributed by atoms with Crippen molar-refractivity contribution >= 4 is 33.3 Å². The first kappa shape index (κ1) is 24.6. The van der Waals surface area contributed by atoms with E-state index in [1.54, 1.807) is 37.3 Å². The molecule has 0 saturated heterocycles. The van der Waals surface area contributed by atoms with E-state index in [1.807, 2.05) is 0 Å². The molecular formula is C24H24N2O7S.